The largest absolute Gasteiger partial charge is 0.310 e. The summed E-state index contributed by atoms with van der Waals surface area (Å²) in [5, 5.41) is 3.56. The van der Waals surface area contributed by atoms with Gasteiger partial charge in [-0.15, -0.1) is 0 Å². The van der Waals surface area contributed by atoms with E-state index in [1.807, 2.05) is 18.5 Å². The number of nitrogens with one attached hydrogen (secondary N) is 1. The van der Waals surface area contributed by atoms with E-state index in [-0.39, 0.29) is 0 Å². The first-order valence-electron chi connectivity index (χ1n) is 6.03. The zero-order valence-corrected chi connectivity index (χ0v) is 9.45. The molecule has 0 amide bonds. The maximum absolute atomic E-state index is 4.20. The Morgan fingerprint density at radius 1 is 1.53 bits per heavy atom. The van der Waals surface area contributed by atoms with Crippen LogP contribution in [-0.2, 0) is 0 Å². The van der Waals surface area contributed by atoms with Crippen LogP contribution in [0.1, 0.15) is 44.2 Å². The van der Waals surface area contributed by atoms with Crippen LogP contribution in [0.4, 0.5) is 0 Å². The minimum Gasteiger partial charge on any atom is -0.310 e. The van der Waals surface area contributed by atoms with Crippen molar-refractivity contribution < 1.29 is 0 Å². The fraction of sp³-hybridized carbons (Fsp3) is 0.615. The van der Waals surface area contributed by atoms with Gasteiger partial charge in [-0.05, 0) is 30.5 Å². The Kier molecular flexibility index (Phi) is 3.73. The third kappa shape index (κ3) is 2.78. The van der Waals surface area contributed by atoms with Crippen molar-refractivity contribution in [1.82, 2.24) is 10.3 Å². The van der Waals surface area contributed by atoms with Crippen LogP contribution in [-0.4, -0.2) is 11.5 Å². The van der Waals surface area contributed by atoms with Crippen LogP contribution in [0.2, 0.25) is 0 Å². The summed E-state index contributed by atoms with van der Waals surface area (Å²) >= 11 is 0. The molecular weight excluding hydrogens is 184 g/mol. The Morgan fingerprint density at radius 2 is 2.40 bits per heavy atom. The first-order valence-corrected chi connectivity index (χ1v) is 6.03. The lowest BCUT2D eigenvalue weighted by atomic mass is 9.80. The average molecular weight is 204 g/mol. The van der Waals surface area contributed by atoms with Crippen LogP contribution in [0.5, 0.6) is 0 Å². The van der Waals surface area contributed by atoms with Crippen molar-refractivity contribution in [3.8, 4) is 0 Å². The minimum absolute atomic E-state index is 0.508. The van der Waals surface area contributed by atoms with Gasteiger partial charge in [0.25, 0.3) is 0 Å². The smallest absolute Gasteiger partial charge is 0.0338 e. The van der Waals surface area contributed by atoms with Crippen molar-refractivity contribution in [3.63, 3.8) is 0 Å². The number of rotatable bonds is 5. The topological polar surface area (TPSA) is 24.9 Å². The fourth-order valence-corrected chi connectivity index (χ4v) is 2.23. The molecule has 0 spiro atoms. The highest BCUT2D eigenvalue weighted by Gasteiger charge is 2.22. The monoisotopic (exact) mass is 204 g/mol. The third-order valence-corrected chi connectivity index (χ3v) is 3.33. The summed E-state index contributed by atoms with van der Waals surface area (Å²) in [4.78, 5) is 4.20. The van der Waals surface area contributed by atoms with Crippen molar-refractivity contribution in [2.24, 2.45) is 5.92 Å². The summed E-state index contributed by atoms with van der Waals surface area (Å²) in [6.45, 7) is 3.20. The van der Waals surface area contributed by atoms with Crippen molar-refractivity contribution >= 4 is 0 Å². The molecule has 1 heterocycles. The summed E-state index contributed by atoms with van der Waals surface area (Å²) in [6, 6.07) is 4.72. The van der Waals surface area contributed by atoms with Gasteiger partial charge in [0, 0.05) is 18.4 Å². The average Bonchev–Trinajstić information content (AvgIpc) is 2.23. The van der Waals surface area contributed by atoms with Gasteiger partial charge in [0.05, 0.1) is 0 Å². The second-order valence-electron chi connectivity index (χ2n) is 4.43. The van der Waals surface area contributed by atoms with Gasteiger partial charge in [-0.1, -0.05) is 32.3 Å². The Morgan fingerprint density at radius 3 is 2.93 bits per heavy atom. The Balaban J connectivity index is 1.98. The summed E-state index contributed by atoms with van der Waals surface area (Å²) in [6.07, 6.45) is 9.38. The first kappa shape index (κ1) is 10.6. The number of nitrogens with zero attached hydrogens (tertiary/aromatic N) is 1. The van der Waals surface area contributed by atoms with Crippen molar-refractivity contribution in [1.29, 1.82) is 0 Å². The molecule has 2 heteroatoms. The van der Waals surface area contributed by atoms with Gasteiger partial charge in [-0.25, -0.2) is 0 Å². The minimum atomic E-state index is 0.508. The Hall–Kier alpha value is -0.890. The first-order chi connectivity index (χ1) is 7.40. The highest BCUT2D eigenvalue weighted by molar-refractivity contribution is 5.14. The highest BCUT2D eigenvalue weighted by Crippen LogP contribution is 2.34. The number of pyridine rings is 1. The summed E-state index contributed by atoms with van der Waals surface area (Å²) in [5.41, 5.74) is 1.34. The molecular formula is C13H20N2. The Labute approximate surface area is 92.1 Å². The molecule has 0 aliphatic heterocycles. The van der Waals surface area contributed by atoms with E-state index in [1.54, 1.807) is 0 Å². The van der Waals surface area contributed by atoms with E-state index in [1.165, 1.54) is 31.2 Å². The quantitative estimate of drug-likeness (QED) is 0.797. The molecule has 1 N–H and O–H groups in total. The van der Waals surface area contributed by atoms with Gasteiger partial charge in [0.1, 0.15) is 0 Å². The summed E-state index contributed by atoms with van der Waals surface area (Å²) in [7, 11) is 0. The zero-order chi connectivity index (χ0) is 10.5. The van der Waals surface area contributed by atoms with Crippen molar-refractivity contribution in [2.45, 2.75) is 38.6 Å². The molecule has 1 aromatic rings. The van der Waals surface area contributed by atoms with E-state index in [0.717, 1.165) is 12.5 Å². The zero-order valence-electron chi connectivity index (χ0n) is 9.45. The van der Waals surface area contributed by atoms with E-state index in [0.29, 0.717) is 6.04 Å². The third-order valence-electron chi connectivity index (χ3n) is 3.33. The number of aromatic nitrogens is 1. The maximum Gasteiger partial charge on any atom is 0.0338 e. The molecule has 2 rings (SSSR count). The van der Waals surface area contributed by atoms with Crippen LogP contribution < -0.4 is 5.32 Å². The van der Waals surface area contributed by atoms with Gasteiger partial charge >= 0.3 is 0 Å². The molecule has 1 aliphatic carbocycles. The molecule has 15 heavy (non-hydrogen) atoms. The predicted molar refractivity (Wildman–Crippen MR) is 62.6 cm³/mol. The maximum atomic E-state index is 4.20. The van der Waals surface area contributed by atoms with Gasteiger partial charge in [-0.3, -0.25) is 4.98 Å². The Bertz CT molecular complexity index is 280. The van der Waals surface area contributed by atoms with Crippen LogP contribution in [0.25, 0.3) is 0 Å². The summed E-state index contributed by atoms with van der Waals surface area (Å²) < 4.78 is 0. The van der Waals surface area contributed by atoms with Gasteiger partial charge in [-0.2, -0.15) is 0 Å². The molecule has 2 nitrogen and oxygen atoms in total. The lowest BCUT2D eigenvalue weighted by Crippen LogP contribution is -2.25. The second-order valence-corrected chi connectivity index (χ2v) is 4.43. The van der Waals surface area contributed by atoms with Gasteiger partial charge in [0.15, 0.2) is 0 Å². The van der Waals surface area contributed by atoms with E-state index < -0.39 is 0 Å². The molecule has 1 aliphatic rings. The predicted octanol–water partition coefficient (Wildman–Crippen LogP) is 2.92. The molecule has 1 atom stereocenters. The second kappa shape index (κ2) is 5.26. The molecule has 1 fully saturated rings. The molecule has 1 unspecified atom stereocenters. The van der Waals surface area contributed by atoms with Crippen LogP contribution in [0.3, 0.4) is 0 Å². The molecule has 0 radical (unpaired) electrons. The van der Waals surface area contributed by atoms with Gasteiger partial charge < -0.3 is 5.32 Å². The van der Waals surface area contributed by atoms with Crippen molar-refractivity contribution in [3.05, 3.63) is 30.1 Å². The molecule has 1 aromatic heterocycles. The molecule has 0 aromatic carbocycles. The highest BCUT2D eigenvalue weighted by atomic mass is 14.9. The lowest BCUT2D eigenvalue weighted by molar-refractivity contribution is 0.262. The number of hydrogen-bond acceptors (Lipinski definition) is 2. The van der Waals surface area contributed by atoms with E-state index in [9.17, 15) is 0 Å². The normalized spacial score (nSPS) is 18.5. The van der Waals surface area contributed by atoms with Crippen LogP contribution >= 0.6 is 0 Å². The van der Waals surface area contributed by atoms with E-state index in [2.05, 4.69) is 23.3 Å². The molecule has 0 saturated heterocycles. The standard InChI is InChI=1S/C13H20N2/c1-2-15-13(9-11-5-3-6-11)12-7-4-8-14-10-12/h4,7-8,10-11,13,15H,2-3,5-6,9H2,1H3. The van der Waals surface area contributed by atoms with Crippen LogP contribution in [0, 0.1) is 5.92 Å². The fourth-order valence-electron chi connectivity index (χ4n) is 2.23. The van der Waals surface area contributed by atoms with Crippen molar-refractivity contribution in [2.75, 3.05) is 6.54 Å². The van der Waals surface area contributed by atoms with Crippen LogP contribution in [0.15, 0.2) is 24.5 Å². The lowest BCUT2D eigenvalue weighted by Gasteiger charge is -2.30. The molecule has 82 valence electrons. The molecule has 1 saturated carbocycles. The summed E-state index contributed by atoms with van der Waals surface area (Å²) in [5.74, 6) is 0.939. The SMILES string of the molecule is CCNC(CC1CCC1)c1cccnc1. The molecule has 0 bridgehead atoms. The number of hydrogen-bond donors (Lipinski definition) is 1. The van der Waals surface area contributed by atoms with E-state index in [4.69, 9.17) is 0 Å². The van der Waals surface area contributed by atoms with Gasteiger partial charge in [0.2, 0.25) is 0 Å². The van der Waals surface area contributed by atoms with E-state index >= 15 is 0 Å².